The van der Waals surface area contributed by atoms with E-state index in [4.69, 9.17) is 5.73 Å². The van der Waals surface area contributed by atoms with E-state index in [0.717, 1.165) is 17.3 Å². The van der Waals surface area contributed by atoms with Crippen molar-refractivity contribution in [2.75, 3.05) is 5.73 Å². The molecule has 5 nitrogen and oxygen atoms in total. The third-order valence-corrected chi connectivity index (χ3v) is 3.07. The first-order valence-electron chi connectivity index (χ1n) is 5.23. The molecule has 6 heteroatoms. The van der Waals surface area contributed by atoms with Crippen LogP contribution in [0.4, 0.5) is 16.2 Å². The zero-order valence-corrected chi connectivity index (χ0v) is 10.5. The third-order valence-electron chi connectivity index (χ3n) is 2.26. The van der Waals surface area contributed by atoms with E-state index in [0.29, 0.717) is 16.3 Å². The molecule has 1 fully saturated rings. The van der Waals surface area contributed by atoms with Gasteiger partial charge >= 0.3 is 0 Å². The molecule has 18 heavy (non-hydrogen) atoms. The Bertz CT molecular complexity index is 579. The second kappa shape index (κ2) is 5.05. The first-order chi connectivity index (χ1) is 8.60. The van der Waals surface area contributed by atoms with Crippen molar-refractivity contribution in [2.45, 2.75) is 6.92 Å². The van der Waals surface area contributed by atoms with Gasteiger partial charge in [-0.3, -0.25) is 19.9 Å². The molecule has 3 N–H and O–H groups in total. The Morgan fingerprint density at radius 3 is 2.78 bits per heavy atom. The number of benzene rings is 1. The number of nitrogen functional groups attached to an aromatic ring is 1. The number of anilines is 1. The number of imide groups is 1. The van der Waals surface area contributed by atoms with Gasteiger partial charge in [0.15, 0.2) is 0 Å². The van der Waals surface area contributed by atoms with Crippen LogP contribution in [0.3, 0.4) is 0 Å². The summed E-state index contributed by atoms with van der Waals surface area (Å²) in [5.74, 6) is -0.373. The lowest BCUT2D eigenvalue weighted by Gasteiger charge is -2.01. The molecule has 0 spiro atoms. The van der Waals surface area contributed by atoms with Crippen molar-refractivity contribution in [3.05, 3.63) is 28.7 Å². The normalized spacial score (nSPS) is 17.7. The Kier molecular flexibility index (Phi) is 3.47. The van der Waals surface area contributed by atoms with E-state index in [-0.39, 0.29) is 11.1 Å². The van der Waals surface area contributed by atoms with E-state index in [1.807, 2.05) is 0 Å². The van der Waals surface area contributed by atoms with Gasteiger partial charge in [-0.25, -0.2) is 0 Å². The van der Waals surface area contributed by atoms with Gasteiger partial charge in [0, 0.05) is 6.21 Å². The predicted octanol–water partition coefficient (Wildman–Crippen LogP) is 2.31. The van der Waals surface area contributed by atoms with Crippen molar-refractivity contribution in [3.63, 3.8) is 0 Å². The highest BCUT2D eigenvalue weighted by atomic mass is 32.2. The minimum atomic E-state index is -0.373. The number of amides is 2. The molecule has 0 radical (unpaired) electrons. The SMILES string of the molecule is CC=Nc1cc(C=C2SC(=O)NC2=O)ccc1N. The molecule has 0 saturated carbocycles. The van der Waals surface area contributed by atoms with Gasteiger partial charge in [-0.2, -0.15) is 0 Å². The molecule has 2 amide bonds. The standard InChI is InChI=1S/C12H11N3O2S/c1-2-14-9-5-7(3-4-8(9)13)6-10-11(16)15-12(17)18-10/h2-6H,13H2,1H3,(H,15,16,17). The van der Waals surface area contributed by atoms with Crippen LogP contribution in [0.2, 0.25) is 0 Å². The van der Waals surface area contributed by atoms with Crippen LogP contribution in [0.15, 0.2) is 28.1 Å². The van der Waals surface area contributed by atoms with Crippen LogP contribution < -0.4 is 11.1 Å². The van der Waals surface area contributed by atoms with Crippen molar-refractivity contribution in [1.29, 1.82) is 0 Å². The van der Waals surface area contributed by atoms with Gasteiger partial charge in [0.05, 0.1) is 16.3 Å². The van der Waals surface area contributed by atoms with Gasteiger partial charge in [0.2, 0.25) is 0 Å². The number of aliphatic imine (C=N–C) groups is 1. The number of nitrogens with two attached hydrogens (primary N) is 1. The van der Waals surface area contributed by atoms with E-state index >= 15 is 0 Å². The van der Waals surface area contributed by atoms with Crippen LogP contribution in [-0.2, 0) is 4.79 Å². The fourth-order valence-corrected chi connectivity index (χ4v) is 2.16. The maximum atomic E-state index is 11.4. The Morgan fingerprint density at radius 2 is 2.17 bits per heavy atom. The van der Waals surface area contributed by atoms with Crippen molar-refractivity contribution in [3.8, 4) is 0 Å². The minimum Gasteiger partial charge on any atom is -0.397 e. The topological polar surface area (TPSA) is 84.5 Å². The number of hydrogen-bond donors (Lipinski definition) is 2. The molecule has 1 aliphatic rings. The molecule has 0 aromatic heterocycles. The number of nitrogens with zero attached hydrogens (tertiary/aromatic N) is 1. The van der Waals surface area contributed by atoms with Gasteiger partial charge in [0.1, 0.15) is 0 Å². The molecule has 1 aliphatic heterocycles. The summed E-state index contributed by atoms with van der Waals surface area (Å²) in [6.07, 6.45) is 3.28. The molecule has 2 rings (SSSR count). The molecule has 1 saturated heterocycles. The summed E-state index contributed by atoms with van der Waals surface area (Å²) in [6, 6.07) is 5.25. The van der Waals surface area contributed by atoms with Crippen LogP contribution in [0.25, 0.3) is 6.08 Å². The third kappa shape index (κ3) is 2.60. The Hall–Kier alpha value is -2.08. The van der Waals surface area contributed by atoms with Gasteiger partial charge in [-0.15, -0.1) is 0 Å². The first-order valence-corrected chi connectivity index (χ1v) is 6.05. The maximum absolute atomic E-state index is 11.4. The molecule has 0 atom stereocenters. The van der Waals surface area contributed by atoms with Crippen LogP contribution in [-0.4, -0.2) is 17.4 Å². The van der Waals surface area contributed by atoms with Crippen LogP contribution in [0.5, 0.6) is 0 Å². The van der Waals surface area contributed by atoms with Crippen LogP contribution in [0, 0.1) is 0 Å². The molecule has 0 bridgehead atoms. The smallest absolute Gasteiger partial charge is 0.290 e. The first kappa shape index (κ1) is 12.4. The Morgan fingerprint density at radius 1 is 1.39 bits per heavy atom. The monoisotopic (exact) mass is 261 g/mol. The largest absolute Gasteiger partial charge is 0.397 e. The summed E-state index contributed by atoms with van der Waals surface area (Å²) in [7, 11) is 0. The number of rotatable bonds is 2. The number of thioether (sulfide) groups is 1. The second-order valence-electron chi connectivity index (χ2n) is 3.56. The summed E-state index contributed by atoms with van der Waals surface area (Å²) in [5, 5.41) is 1.85. The number of carbonyl (C=O) groups is 2. The molecule has 0 unspecified atom stereocenters. The highest BCUT2D eigenvalue weighted by Crippen LogP contribution is 2.28. The Labute approximate surface area is 108 Å². The van der Waals surface area contributed by atoms with E-state index in [1.165, 1.54) is 0 Å². The highest BCUT2D eigenvalue weighted by molar-refractivity contribution is 8.18. The van der Waals surface area contributed by atoms with E-state index in [9.17, 15) is 9.59 Å². The van der Waals surface area contributed by atoms with Gasteiger partial charge in [-0.05, 0) is 42.5 Å². The van der Waals surface area contributed by atoms with E-state index in [2.05, 4.69) is 10.3 Å². The van der Waals surface area contributed by atoms with Crippen molar-refractivity contribution < 1.29 is 9.59 Å². The van der Waals surface area contributed by atoms with E-state index < -0.39 is 0 Å². The van der Waals surface area contributed by atoms with Crippen molar-refractivity contribution in [1.82, 2.24) is 5.32 Å². The molecule has 1 heterocycles. The van der Waals surface area contributed by atoms with Gasteiger partial charge < -0.3 is 5.73 Å². The Balaban J connectivity index is 2.35. The highest BCUT2D eigenvalue weighted by Gasteiger charge is 2.24. The maximum Gasteiger partial charge on any atom is 0.290 e. The minimum absolute atomic E-state index is 0.353. The predicted molar refractivity (Wildman–Crippen MR) is 73.8 cm³/mol. The summed E-state index contributed by atoms with van der Waals surface area (Å²) >= 11 is 0.884. The van der Waals surface area contributed by atoms with E-state index in [1.54, 1.807) is 37.4 Å². The fraction of sp³-hybridized carbons (Fsp3) is 0.0833. The molecular formula is C12H11N3O2S. The lowest BCUT2D eigenvalue weighted by atomic mass is 10.1. The van der Waals surface area contributed by atoms with Crippen LogP contribution >= 0.6 is 11.8 Å². The number of carbonyl (C=O) groups excluding carboxylic acids is 2. The molecule has 1 aromatic rings. The quantitative estimate of drug-likeness (QED) is 0.486. The summed E-state index contributed by atoms with van der Waals surface area (Å²) in [6.45, 7) is 1.80. The van der Waals surface area contributed by atoms with Gasteiger partial charge in [0.25, 0.3) is 11.1 Å². The van der Waals surface area contributed by atoms with Crippen LogP contribution in [0.1, 0.15) is 12.5 Å². The lowest BCUT2D eigenvalue weighted by Crippen LogP contribution is -2.17. The van der Waals surface area contributed by atoms with Crippen molar-refractivity contribution >= 4 is 46.6 Å². The molecule has 0 aliphatic carbocycles. The molecule has 92 valence electrons. The lowest BCUT2D eigenvalue weighted by molar-refractivity contribution is -0.115. The number of hydrogen-bond acceptors (Lipinski definition) is 5. The zero-order valence-electron chi connectivity index (χ0n) is 9.64. The van der Waals surface area contributed by atoms with Crippen molar-refractivity contribution in [2.24, 2.45) is 4.99 Å². The summed E-state index contributed by atoms with van der Waals surface area (Å²) in [5.41, 5.74) is 7.74. The average Bonchev–Trinajstić information content (AvgIpc) is 2.62. The fourth-order valence-electron chi connectivity index (χ4n) is 1.47. The second-order valence-corrected chi connectivity index (χ2v) is 4.57. The molecular weight excluding hydrogens is 250 g/mol. The summed E-state index contributed by atoms with van der Waals surface area (Å²) < 4.78 is 0. The zero-order chi connectivity index (χ0) is 13.1. The number of nitrogens with one attached hydrogen (secondary N) is 1. The summed E-state index contributed by atoms with van der Waals surface area (Å²) in [4.78, 5) is 26.9. The average molecular weight is 261 g/mol. The molecule has 1 aromatic carbocycles. The van der Waals surface area contributed by atoms with Gasteiger partial charge in [-0.1, -0.05) is 6.07 Å².